The van der Waals surface area contributed by atoms with E-state index in [1.54, 1.807) is 18.3 Å². The van der Waals surface area contributed by atoms with Gasteiger partial charge in [0.2, 0.25) is 5.91 Å². The van der Waals surface area contributed by atoms with Crippen LogP contribution < -0.4 is 5.32 Å². The number of amides is 1. The van der Waals surface area contributed by atoms with Gasteiger partial charge in [-0.2, -0.15) is 0 Å². The lowest BCUT2D eigenvalue weighted by Crippen LogP contribution is -2.17. The Balaban J connectivity index is 1.37. The van der Waals surface area contributed by atoms with E-state index < -0.39 is 0 Å². The van der Waals surface area contributed by atoms with Crippen LogP contribution >= 0.6 is 34.4 Å². The van der Waals surface area contributed by atoms with Crippen molar-refractivity contribution >= 4 is 61.5 Å². The summed E-state index contributed by atoms with van der Waals surface area (Å²) in [7, 11) is 0. The summed E-state index contributed by atoms with van der Waals surface area (Å²) >= 11 is 4.74. The zero-order valence-electron chi connectivity index (χ0n) is 19.1. The van der Waals surface area contributed by atoms with Crippen LogP contribution in [0.3, 0.4) is 0 Å². The molecule has 6 nitrogen and oxygen atoms in total. The second kappa shape index (κ2) is 9.35. The van der Waals surface area contributed by atoms with Crippen LogP contribution in [0, 0.1) is 12.8 Å². The summed E-state index contributed by atoms with van der Waals surface area (Å²) in [5.74, 6) is 1.08. The minimum atomic E-state index is -0.338. The fourth-order valence-electron chi connectivity index (χ4n) is 4.72. The van der Waals surface area contributed by atoms with Crippen molar-refractivity contribution in [1.82, 2.24) is 9.97 Å². The number of nitrogens with one attached hydrogen (secondary N) is 1. The summed E-state index contributed by atoms with van der Waals surface area (Å²) < 4.78 is 5.32. The van der Waals surface area contributed by atoms with Crippen molar-refractivity contribution in [2.75, 3.05) is 17.7 Å². The van der Waals surface area contributed by atoms with Crippen LogP contribution in [0.4, 0.5) is 5.00 Å². The van der Waals surface area contributed by atoms with E-state index in [1.165, 1.54) is 44.8 Å². The van der Waals surface area contributed by atoms with Crippen molar-refractivity contribution < 1.29 is 14.3 Å². The quantitative estimate of drug-likeness (QED) is 0.270. The van der Waals surface area contributed by atoms with E-state index in [1.807, 2.05) is 6.92 Å². The largest absolute Gasteiger partial charge is 0.462 e. The highest BCUT2D eigenvalue weighted by Crippen LogP contribution is 2.42. The number of thiophene rings is 2. The summed E-state index contributed by atoms with van der Waals surface area (Å²) in [6, 6.07) is 0. The van der Waals surface area contributed by atoms with Crippen LogP contribution in [0.5, 0.6) is 0 Å². The number of hydrogen-bond donors (Lipinski definition) is 1. The van der Waals surface area contributed by atoms with Crippen LogP contribution in [0.25, 0.3) is 10.2 Å². The maximum Gasteiger partial charge on any atom is 0.341 e. The van der Waals surface area contributed by atoms with Gasteiger partial charge in [0.1, 0.15) is 20.7 Å². The Morgan fingerprint density at radius 1 is 1.15 bits per heavy atom. The Labute approximate surface area is 205 Å². The lowest BCUT2D eigenvalue weighted by atomic mass is 9.88. The van der Waals surface area contributed by atoms with Crippen LogP contribution in [0.15, 0.2) is 5.03 Å². The third kappa shape index (κ3) is 4.42. The maximum atomic E-state index is 13.0. The highest BCUT2D eigenvalue weighted by Gasteiger charge is 2.29. The third-order valence-electron chi connectivity index (χ3n) is 6.23. The number of thioether (sulfide) groups is 1. The summed E-state index contributed by atoms with van der Waals surface area (Å²) in [6.07, 6.45) is 6.19. The van der Waals surface area contributed by atoms with Crippen molar-refractivity contribution in [1.29, 1.82) is 0 Å². The fourth-order valence-corrected chi connectivity index (χ4v) is 8.41. The minimum Gasteiger partial charge on any atom is -0.462 e. The Bertz CT molecular complexity index is 1250. The molecule has 5 rings (SSSR count). The third-order valence-corrected chi connectivity index (χ3v) is 9.56. The summed E-state index contributed by atoms with van der Waals surface area (Å²) in [6.45, 7) is 6.25. The average Bonchev–Trinajstić information content (AvgIpc) is 3.44. The van der Waals surface area contributed by atoms with Gasteiger partial charge in [0.25, 0.3) is 0 Å². The highest BCUT2D eigenvalue weighted by molar-refractivity contribution is 8.00. The summed E-state index contributed by atoms with van der Waals surface area (Å²) in [5.41, 5.74) is 2.97. The molecule has 0 bridgehead atoms. The molecular formula is C24H27N3O3S3. The van der Waals surface area contributed by atoms with Gasteiger partial charge in [-0.05, 0) is 69.4 Å². The first-order valence-corrected chi connectivity index (χ1v) is 14.1. The monoisotopic (exact) mass is 501 g/mol. The molecular weight excluding hydrogens is 474 g/mol. The predicted molar refractivity (Wildman–Crippen MR) is 135 cm³/mol. The van der Waals surface area contributed by atoms with Crippen molar-refractivity contribution in [2.45, 2.75) is 64.3 Å². The first-order chi connectivity index (χ1) is 15.9. The van der Waals surface area contributed by atoms with Crippen molar-refractivity contribution in [2.24, 2.45) is 5.92 Å². The van der Waals surface area contributed by atoms with Gasteiger partial charge in [0, 0.05) is 15.1 Å². The Morgan fingerprint density at radius 3 is 2.82 bits per heavy atom. The minimum absolute atomic E-state index is 0.131. The molecule has 33 heavy (non-hydrogen) atoms. The van der Waals surface area contributed by atoms with Gasteiger partial charge >= 0.3 is 5.97 Å². The molecule has 1 N–H and O–H groups in total. The number of ether oxygens (including phenoxy) is 1. The molecule has 0 saturated heterocycles. The topological polar surface area (TPSA) is 81.2 Å². The number of fused-ring (bicyclic) bond motifs is 4. The Hall–Kier alpha value is -1.97. The van der Waals surface area contributed by atoms with Gasteiger partial charge in [0.15, 0.2) is 0 Å². The van der Waals surface area contributed by atoms with Gasteiger partial charge in [-0.1, -0.05) is 18.7 Å². The van der Waals surface area contributed by atoms with Crippen LogP contribution in [0.2, 0.25) is 0 Å². The second-order valence-electron chi connectivity index (χ2n) is 8.73. The SMILES string of the molecule is CCOC(=O)c1c(NC(=O)CSc2nc(C)nc3sc4c(c23)CCC4)sc2c1CC[C@H](C)C2. The number of carbonyl (C=O) groups excluding carboxylic acids is 2. The number of nitrogens with zero attached hydrogens (tertiary/aromatic N) is 2. The molecule has 2 aliphatic carbocycles. The molecule has 1 amide bonds. The van der Waals surface area contributed by atoms with Crippen molar-refractivity contribution in [3.05, 3.63) is 32.3 Å². The number of hydrogen-bond acceptors (Lipinski definition) is 8. The molecule has 2 aliphatic rings. The summed E-state index contributed by atoms with van der Waals surface area (Å²) in [4.78, 5) is 38.6. The molecule has 3 heterocycles. The number of aromatic nitrogens is 2. The normalized spacial score (nSPS) is 17.1. The molecule has 1 atom stereocenters. The molecule has 0 spiro atoms. The molecule has 0 unspecified atom stereocenters. The standard InChI is InChI=1S/C24H27N3O3S3/c1-4-30-24(29)20-15-9-8-12(2)10-17(15)33-23(20)27-18(28)11-31-21-19-14-6-5-7-16(14)32-22(19)26-13(3)25-21/h12H,4-11H2,1-3H3,(H,27,28)/t12-/m0/s1. The summed E-state index contributed by atoms with van der Waals surface area (Å²) in [5, 5.41) is 5.66. The van der Waals surface area contributed by atoms with Gasteiger partial charge in [-0.25, -0.2) is 14.8 Å². The number of esters is 1. The molecule has 3 aromatic rings. The van der Waals surface area contributed by atoms with E-state index >= 15 is 0 Å². The van der Waals surface area contributed by atoms with Gasteiger partial charge in [-0.3, -0.25) is 4.79 Å². The van der Waals surface area contributed by atoms with E-state index in [-0.39, 0.29) is 17.6 Å². The highest BCUT2D eigenvalue weighted by atomic mass is 32.2. The molecule has 0 saturated carbocycles. The molecule has 9 heteroatoms. The lowest BCUT2D eigenvalue weighted by molar-refractivity contribution is -0.113. The van der Waals surface area contributed by atoms with Crippen molar-refractivity contribution in [3.63, 3.8) is 0 Å². The van der Waals surface area contributed by atoms with E-state index in [0.717, 1.165) is 58.7 Å². The lowest BCUT2D eigenvalue weighted by Gasteiger charge is -2.18. The number of rotatable bonds is 6. The van der Waals surface area contributed by atoms with Crippen LogP contribution in [-0.4, -0.2) is 34.2 Å². The van der Waals surface area contributed by atoms with E-state index in [2.05, 4.69) is 22.2 Å². The van der Waals surface area contributed by atoms with E-state index in [4.69, 9.17) is 4.74 Å². The first kappa shape index (κ1) is 22.8. The molecule has 0 radical (unpaired) electrons. The first-order valence-electron chi connectivity index (χ1n) is 11.5. The Kier molecular flexibility index (Phi) is 6.46. The Morgan fingerprint density at radius 2 is 2.00 bits per heavy atom. The van der Waals surface area contributed by atoms with E-state index in [0.29, 0.717) is 23.1 Å². The average molecular weight is 502 g/mol. The zero-order chi connectivity index (χ0) is 23.1. The smallest absolute Gasteiger partial charge is 0.341 e. The van der Waals surface area contributed by atoms with Crippen LogP contribution in [-0.2, 0) is 35.2 Å². The maximum absolute atomic E-state index is 13.0. The van der Waals surface area contributed by atoms with Gasteiger partial charge in [0.05, 0.1) is 17.9 Å². The number of carbonyl (C=O) groups is 2. The van der Waals surface area contributed by atoms with Crippen molar-refractivity contribution in [3.8, 4) is 0 Å². The predicted octanol–water partition coefficient (Wildman–Crippen LogP) is 5.58. The van der Waals surface area contributed by atoms with Gasteiger partial charge < -0.3 is 10.1 Å². The van der Waals surface area contributed by atoms with E-state index in [9.17, 15) is 9.59 Å². The van der Waals surface area contributed by atoms with Gasteiger partial charge in [-0.15, -0.1) is 22.7 Å². The number of anilines is 1. The molecule has 0 aliphatic heterocycles. The zero-order valence-corrected chi connectivity index (χ0v) is 21.5. The number of aryl methyl sites for hydroxylation is 3. The molecule has 174 valence electrons. The molecule has 0 aromatic carbocycles. The molecule has 0 fully saturated rings. The molecule has 3 aromatic heterocycles. The fraction of sp³-hybridized carbons (Fsp3) is 0.500. The second-order valence-corrected chi connectivity index (χ2v) is 11.9. The van der Waals surface area contributed by atoms with Crippen LogP contribution in [0.1, 0.15) is 63.8 Å².